The quantitative estimate of drug-likeness (QED) is 0.880. The zero-order chi connectivity index (χ0) is 13.2. The molecule has 0 radical (unpaired) electrons. The summed E-state index contributed by atoms with van der Waals surface area (Å²) in [6.07, 6.45) is 4.92. The van der Waals surface area contributed by atoms with E-state index in [4.69, 9.17) is 0 Å². The Bertz CT molecular complexity index is 595. The Morgan fingerprint density at radius 3 is 2.85 bits per heavy atom. The highest BCUT2D eigenvalue weighted by Crippen LogP contribution is 2.19. The summed E-state index contributed by atoms with van der Waals surface area (Å²) >= 11 is 0. The van der Waals surface area contributed by atoms with E-state index < -0.39 is 0 Å². The molecule has 0 aliphatic heterocycles. The van der Waals surface area contributed by atoms with Gasteiger partial charge in [-0.3, -0.25) is 4.79 Å². The number of imidazole rings is 1. The molecule has 1 aliphatic carbocycles. The normalized spacial score (nSPS) is 13.4. The second kappa shape index (κ2) is 6.23. The molecule has 1 aromatic heterocycles. The summed E-state index contributed by atoms with van der Waals surface area (Å²) in [6.45, 7) is 2.00. The smallest absolute Gasteiger partial charge is 0.170 e. The number of aromatic nitrogens is 2. The molecule has 0 spiro atoms. The van der Waals surface area contributed by atoms with Crippen LogP contribution in [-0.2, 0) is 19.3 Å². The number of H-pyrrole nitrogens is 1. The maximum absolute atomic E-state index is 12.2. The van der Waals surface area contributed by atoms with Gasteiger partial charge in [0.2, 0.25) is 0 Å². The molecule has 3 rings (SSSR count). The molecule has 1 aliphatic rings. The van der Waals surface area contributed by atoms with E-state index in [0.717, 1.165) is 29.8 Å². The van der Waals surface area contributed by atoms with Crippen LogP contribution >= 0.6 is 12.4 Å². The van der Waals surface area contributed by atoms with Crippen LogP contribution in [-0.4, -0.2) is 15.8 Å². The van der Waals surface area contributed by atoms with Crippen LogP contribution in [0.5, 0.6) is 0 Å². The first-order chi connectivity index (χ1) is 9.22. The number of hydrogen-bond acceptors (Lipinski definition) is 2. The second-order valence-corrected chi connectivity index (χ2v) is 5.29. The van der Waals surface area contributed by atoms with E-state index in [1.54, 1.807) is 0 Å². The van der Waals surface area contributed by atoms with E-state index in [-0.39, 0.29) is 18.2 Å². The Balaban J connectivity index is 0.00000147. The number of aromatic amines is 1. The number of halogens is 1. The van der Waals surface area contributed by atoms with Crippen LogP contribution < -0.4 is 0 Å². The van der Waals surface area contributed by atoms with E-state index in [9.17, 15) is 4.79 Å². The number of fused-ring (bicyclic) bond motifs is 1. The SMILES string of the molecule is Cc1cccc(C(=O)Cc2nc3c([nH]2)CCCC3)c1.Cl. The van der Waals surface area contributed by atoms with Crippen molar-refractivity contribution in [1.82, 2.24) is 9.97 Å². The molecule has 0 unspecified atom stereocenters. The van der Waals surface area contributed by atoms with Crippen LogP contribution in [0.15, 0.2) is 24.3 Å². The number of ketones is 1. The summed E-state index contributed by atoms with van der Waals surface area (Å²) in [5.41, 5.74) is 4.29. The molecule has 20 heavy (non-hydrogen) atoms. The van der Waals surface area contributed by atoms with Gasteiger partial charge in [-0.25, -0.2) is 4.98 Å². The first-order valence-corrected chi connectivity index (χ1v) is 6.89. The number of nitrogens with zero attached hydrogens (tertiary/aromatic N) is 1. The highest BCUT2D eigenvalue weighted by Gasteiger charge is 2.16. The van der Waals surface area contributed by atoms with Gasteiger partial charge in [0.1, 0.15) is 5.82 Å². The van der Waals surface area contributed by atoms with E-state index in [2.05, 4.69) is 9.97 Å². The Hall–Kier alpha value is -1.61. The predicted octanol–water partition coefficient (Wildman–Crippen LogP) is 3.44. The summed E-state index contributed by atoms with van der Waals surface area (Å²) in [6, 6.07) is 7.74. The van der Waals surface area contributed by atoms with Crippen LogP contribution in [0, 0.1) is 6.92 Å². The van der Waals surface area contributed by atoms with Crippen molar-refractivity contribution in [3.63, 3.8) is 0 Å². The van der Waals surface area contributed by atoms with Gasteiger partial charge >= 0.3 is 0 Å². The highest BCUT2D eigenvalue weighted by atomic mass is 35.5. The van der Waals surface area contributed by atoms with Crippen molar-refractivity contribution in [3.05, 3.63) is 52.6 Å². The van der Waals surface area contributed by atoms with E-state index >= 15 is 0 Å². The van der Waals surface area contributed by atoms with Crippen molar-refractivity contribution >= 4 is 18.2 Å². The zero-order valence-corrected chi connectivity index (χ0v) is 12.4. The van der Waals surface area contributed by atoms with Gasteiger partial charge in [0.15, 0.2) is 5.78 Å². The first-order valence-electron chi connectivity index (χ1n) is 6.89. The van der Waals surface area contributed by atoms with Crippen molar-refractivity contribution in [1.29, 1.82) is 0 Å². The highest BCUT2D eigenvalue weighted by molar-refractivity contribution is 5.97. The third-order valence-corrected chi connectivity index (χ3v) is 3.67. The van der Waals surface area contributed by atoms with Crippen LogP contribution in [0.4, 0.5) is 0 Å². The van der Waals surface area contributed by atoms with Gasteiger partial charge in [-0.15, -0.1) is 12.4 Å². The molecular weight excluding hydrogens is 272 g/mol. The topological polar surface area (TPSA) is 45.8 Å². The monoisotopic (exact) mass is 290 g/mol. The number of hydrogen-bond donors (Lipinski definition) is 1. The van der Waals surface area contributed by atoms with Gasteiger partial charge < -0.3 is 4.98 Å². The average Bonchev–Trinajstić information content (AvgIpc) is 2.80. The molecule has 0 fully saturated rings. The van der Waals surface area contributed by atoms with Gasteiger partial charge in [-0.05, 0) is 38.7 Å². The van der Waals surface area contributed by atoms with Crippen LogP contribution in [0.1, 0.15) is 46.0 Å². The van der Waals surface area contributed by atoms with Crippen molar-refractivity contribution in [2.45, 2.75) is 39.0 Å². The number of rotatable bonds is 3. The lowest BCUT2D eigenvalue weighted by molar-refractivity contribution is 0.0991. The maximum atomic E-state index is 12.2. The van der Waals surface area contributed by atoms with Gasteiger partial charge in [-0.2, -0.15) is 0 Å². The second-order valence-electron chi connectivity index (χ2n) is 5.29. The lowest BCUT2D eigenvalue weighted by Crippen LogP contribution is -2.05. The molecule has 1 heterocycles. The lowest BCUT2D eigenvalue weighted by atomic mass is 10.0. The number of Topliss-reactive ketones (excluding diaryl/α,β-unsaturated/α-hetero) is 1. The molecule has 3 nitrogen and oxygen atoms in total. The molecule has 0 saturated carbocycles. The van der Waals surface area contributed by atoms with Crippen LogP contribution in [0.2, 0.25) is 0 Å². The Labute approximate surface area is 125 Å². The molecule has 0 saturated heterocycles. The molecule has 106 valence electrons. The average molecular weight is 291 g/mol. The fourth-order valence-corrected chi connectivity index (χ4v) is 2.67. The van der Waals surface area contributed by atoms with Crippen LogP contribution in [0.25, 0.3) is 0 Å². The third kappa shape index (κ3) is 3.10. The van der Waals surface area contributed by atoms with Crippen molar-refractivity contribution < 1.29 is 4.79 Å². The molecule has 1 N–H and O–H groups in total. The van der Waals surface area contributed by atoms with Gasteiger partial charge in [-0.1, -0.05) is 23.8 Å². The van der Waals surface area contributed by atoms with Crippen LogP contribution in [0.3, 0.4) is 0 Å². The Kier molecular flexibility index (Phi) is 4.61. The van der Waals surface area contributed by atoms with Crippen molar-refractivity contribution in [3.8, 4) is 0 Å². The number of carbonyl (C=O) groups excluding carboxylic acids is 1. The van der Waals surface area contributed by atoms with Gasteiger partial charge in [0, 0.05) is 11.3 Å². The fraction of sp³-hybridized carbons (Fsp3) is 0.375. The summed E-state index contributed by atoms with van der Waals surface area (Å²) in [5.74, 6) is 0.952. The lowest BCUT2D eigenvalue weighted by Gasteiger charge is -2.07. The predicted molar refractivity (Wildman–Crippen MR) is 81.7 cm³/mol. The van der Waals surface area contributed by atoms with Gasteiger partial charge in [0.05, 0.1) is 12.1 Å². The maximum Gasteiger partial charge on any atom is 0.170 e. The van der Waals surface area contributed by atoms with E-state index in [1.165, 1.54) is 24.2 Å². The van der Waals surface area contributed by atoms with E-state index in [1.807, 2.05) is 31.2 Å². The largest absolute Gasteiger partial charge is 0.345 e. The van der Waals surface area contributed by atoms with E-state index in [0.29, 0.717) is 6.42 Å². The number of aryl methyl sites for hydroxylation is 3. The number of carbonyl (C=O) groups is 1. The first kappa shape index (κ1) is 14.8. The summed E-state index contributed by atoms with van der Waals surface area (Å²) in [7, 11) is 0. The van der Waals surface area contributed by atoms with Crippen molar-refractivity contribution in [2.24, 2.45) is 0 Å². The Morgan fingerprint density at radius 1 is 1.30 bits per heavy atom. The minimum atomic E-state index is 0. The number of nitrogens with one attached hydrogen (secondary N) is 1. The summed E-state index contributed by atoms with van der Waals surface area (Å²) < 4.78 is 0. The Morgan fingerprint density at radius 2 is 2.10 bits per heavy atom. The third-order valence-electron chi connectivity index (χ3n) is 3.67. The molecule has 1 aromatic carbocycles. The molecule has 2 aromatic rings. The molecule has 0 amide bonds. The molecule has 0 bridgehead atoms. The fourth-order valence-electron chi connectivity index (χ4n) is 2.67. The summed E-state index contributed by atoms with van der Waals surface area (Å²) in [5, 5.41) is 0. The minimum absolute atomic E-state index is 0. The summed E-state index contributed by atoms with van der Waals surface area (Å²) in [4.78, 5) is 20.1. The minimum Gasteiger partial charge on any atom is -0.345 e. The number of benzene rings is 1. The molecular formula is C16H19ClN2O. The van der Waals surface area contributed by atoms with Crippen molar-refractivity contribution in [2.75, 3.05) is 0 Å². The van der Waals surface area contributed by atoms with Gasteiger partial charge in [0.25, 0.3) is 0 Å². The standard InChI is InChI=1S/C16H18N2O.ClH/c1-11-5-4-6-12(9-11)15(19)10-16-17-13-7-2-3-8-14(13)18-16;/h4-6,9H,2-3,7-8,10H2,1H3,(H,17,18);1H. The molecule has 4 heteroatoms. The molecule has 0 atom stereocenters. The zero-order valence-electron chi connectivity index (χ0n) is 11.6.